The molecule has 0 aliphatic carbocycles. The minimum atomic E-state index is -0.445. The Morgan fingerprint density at radius 2 is 1.93 bits per heavy atom. The monoisotopic (exact) mass is 429 g/mol. The van der Waals surface area contributed by atoms with Crippen LogP contribution in [0.15, 0.2) is 53.7 Å². The van der Waals surface area contributed by atoms with Crippen LogP contribution in [-0.4, -0.2) is 32.6 Å². The summed E-state index contributed by atoms with van der Waals surface area (Å²) >= 11 is 7.32. The molecule has 0 radical (unpaired) electrons. The largest absolute Gasteiger partial charge is 0.494 e. The van der Waals surface area contributed by atoms with Gasteiger partial charge in [0.15, 0.2) is 0 Å². The summed E-state index contributed by atoms with van der Waals surface area (Å²) in [5, 5.41) is 12.1. The lowest BCUT2D eigenvalue weighted by atomic mass is 10.0. The molecular formula is C20H20ClN5O2S. The van der Waals surface area contributed by atoms with Gasteiger partial charge in [0.05, 0.1) is 12.6 Å². The first-order valence-electron chi connectivity index (χ1n) is 9.19. The van der Waals surface area contributed by atoms with Gasteiger partial charge >= 0.3 is 0 Å². The Hall–Kier alpha value is -2.71. The molecule has 4 rings (SSSR count). The van der Waals surface area contributed by atoms with E-state index in [9.17, 15) is 4.79 Å². The highest BCUT2D eigenvalue weighted by Gasteiger charge is 2.37. The van der Waals surface area contributed by atoms with Gasteiger partial charge in [0.2, 0.25) is 11.1 Å². The standard InChI is InChI=1S/C20H20ClN5O2S/c1-3-28-16-10-4-13(5-11-16)17-18(29-20-24-23-12(2)26(20)25-17)19(27)22-15-8-6-14(21)7-9-15/h4-11,17-18,25H,3H2,1-2H3,(H,22,27). The number of aromatic nitrogens is 3. The molecule has 150 valence electrons. The number of hydrogen-bond acceptors (Lipinski definition) is 6. The van der Waals surface area contributed by atoms with Crippen LogP contribution >= 0.6 is 23.4 Å². The molecule has 2 heterocycles. The molecule has 1 aromatic heterocycles. The third kappa shape index (κ3) is 4.18. The molecule has 2 unspecified atom stereocenters. The molecule has 0 fully saturated rings. The second-order valence-electron chi connectivity index (χ2n) is 6.51. The zero-order chi connectivity index (χ0) is 20.4. The first kappa shape index (κ1) is 19.6. The lowest BCUT2D eigenvalue weighted by Gasteiger charge is -2.32. The van der Waals surface area contributed by atoms with Crippen LogP contribution in [0.5, 0.6) is 5.75 Å². The molecule has 2 aromatic carbocycles. The van der Waals surface area contributed by atoms with Crippen LogP contribution in [0.25, 0.3) is 0 Å². The van der Waals surface area contributed by atoms with E-state index in [4.69, 9.17) is 16.3 Å². The molecule has 2 atom stereocenters. The zero-order valence-electron chi connectivity index (χ0n) is 15.9. The highest BCUT2D eigenvalue weighted by Crippen LogP contribution is 2.38. The average molecular weight is 430 g/mol. The van der Waals surface area contributed by atoms with E-state index in [0.29, 0.717) is 22.5 Å². The SMILES string of the molecule is CCOc1ccc(C2Nn3c(C)nnc3SC2C(=O)Nc2ccc(Cl)cc2)cc1. The van der Waals surface area contributed by atoms with E-state index in [1.165, 1.54) is 11.8 Å². The number of amides is 1. The van der Waals surface area contributed by atoms with Crippen molar-refractivity contribution in [1.29, 1.82) is 0 Å². The van der Waals surface area contributed by atoms with E-state index in [1.54, 1.807) is 24.3 Å². The van der Waals surface area contributed by atoms with Gasteiger partial charge in [0.1, 0.15) is 16.8 Å². The number of rotatable bonds is 5. The first-order valence-corrected chi connectivity index (χ1v) is 10.5. The normalized spacial score (nSPS) is 17.9. The van der Waals surface area contributed by atoms with Crippen molar-refractivity contribution < 1.29 is 9.53 Å². The Morgan fingerprint density at radius 1 is 1.21 bits per heavy atom. The van der Waals surface area contributed by atoms with Crippen LogP contribution in [0.4, 0.5) is 5.69 Å². The Balaban J connectivity index is 1.62. The van der Waals surface area contributed by atoms with Gasteiger partial charge in [-0.3, -0.25) is 4.79 Å². The third-order valence-corrected chi connectivity index (χ3v) is 5.99. The molecule has 0 saturated carbocycles. The Bertz CT molecular complexity index is 1010. The second kappa shape index (κ2) is 8.34. The van der Waals surface area contributed by atoms with Crippen LogP contribution < -0.4 is 15.5 Å². The summed E-state index contributed by atoms with van der Waals surface area (Å²) in [7, 11) is 0. The summed E-state index contributed by atoms with van der Waals surface area (Å²) in [6.07, 6.45) is 0. The Labute approximate surface area is 177 Å². The molecule has 9 heteroatoms. The van der Waals surface area contributed by atoms with Gasteiger partial charge in [-0.05, 0) is 55.8 Å². The molecule has 2 N–H and O–H groups in total. The van der Waals surface area contributed by atoms with E-state index in [1.807, 2.05) is 42.8 Å². The van der Waals surface area contributed by atoms with Crippen LogP contribution in [0.3, 0.4) is 0 Å². The lowest BCUT2D eigenvalue weighted by Crippen LogP contribution is -2.41. The van der Waals surface area contributed by atoms with Crippen molar-refractivity contribution in [2.75, 3.05) is 17.3 Å². The number of fused-ring (bicyclic) bond motifs is 1. The predicted octanol–water partition coefficient (Wildman–Crippen LogP) is 4.04. The van der Waals surface area contributed by atoms with Gasteiger partial charge in [-0.25, -0.2) is 4.68 Å². The van der Waals surface area contributed by atoms with E-state index in [0.717, 1.165) is 17.1 Å². The molecule has 1 aliphatic rings. The van der Waals surface area contributed by atoms with Gasteiger partial charge in [0.25, 0.3) is 0 Å². The minimum Gasteiger partial charge on any atom is -0.494 e. The number of carbonyl (C=O) groups is 1. The summed E-state index contributed by atoms with van der Waals surface area (Å²) in [6.45, 7) is 4.42. The van der Waals surface area contributed by atoms with Gasteiger partial charge in [-0.1, -0.05) is 35.5 Å². The maximum Gasteiger partial charge on any atom is 0.240 e. The number of nitrogens with one attached hydrogen (secondary N) is 2. The molecule has 7 nitrogen and oxygen atoms in total. The van der Waals surface area contributed by atoms with Crippen molar-refractivity contribution in [3.05, 3.63) is 64.9 Å². The molecular weight excluding hydrogens is 410 g/mol. The number of anilines is 1. The fourth-order valence-electron chi connectivity index (χ4n) is 3.10. The van der Waals surface area contributed by atoms with Crippen molar-refractivity contribution >= 4 is 35.0 Å². The zero-order valence-corrected chi connectivity index (χ0v) is 17.5. The smallest absolute Gasteiger partial charge is 0.240 e. The van der Waals surface area contributed by atoms with Gasteiger partial charge in [-0.15, -0.1) is 10.2 Å². The first-order chi connectivity index (χ1) is 14.0. The Morgan fingerprint density at radius 3 is 2.62 bits per heavy atom. The Kier molecular flexibility index (Phi) is 5.64. The quantitative estimate of drug-likeness (QED) is 0.637. The third-order valence-electron chi connectivity index (χ3n) is 4.52. The molecule has 1 aliphatic heterocycles. The molecule has 0 saturated heterocycles. The highest BCUT2D eigenvalue weighted by atomic mass is 35.5. The summed E-state index contributed by atoms with van der Waals surface area (Å²) < 4.78 is 7.35. The van der Waals surface area contributed by atoms with E-state index < -0.39 is 5.25 Å². The van der Waals surface area contributed by atoms with Crippen LogP contribution in [0.1, 0.15) is 24.4 Å². The highest BCUT2D eigenvalue weighted by molar-refractivity contribution is 8.00. The topological polar surface area (TPSA) is 81.1 Å². The van der Waals surface area contributed by atoms with Crippen molar-refractivity contribution in [2.45, 2.75) is 30.3 Å². The number of hydrogen-bond donors (Lipinski definition) is 2. The van der Waals surface area contributed by atoms with Crippen LogP contribution in [-0.2, 0) is 4.79 Å². The average Bonchev–Trinajstić information content (AvgIpc) is 3.10. The number of nitrogens with zero attached hydrogens (tertiary/aromatic N) is 3. The summed E-state index contributed by atoms with van der Waals surface area (Å²) in [5.74, 6) is 1.40. The van der Waals surface area contributed by atoms with Crippen molar-refractivity contribution in [3.63, 3.8) is 0 Å². The summed E-state index contributed by atoms with van der Waals surface area (Å²) in [5.41, 5.74) is 5.04. The number of ether oxygens (including phenoxy) is 1. The molecule has 0 bridgehead atoms. The second-order valence-corrected chi connectivity index (χ2v) is 8.05. The van der Waals surface area contributed by atoms with Crippen LogP contribution in [0.2, 0.25) is 5.02 Å². The number of aryl methyl sites for hydroxylation is 1. The van der Waals surface area contributed by atoms with Crippen molar-refractivity contribution in [3.8, 4) is 5.75 Å². The number of carbonyl (C=O) groups excluding carboxylic acids is 1. The minimum absolute atomic E-state index is 0.129. The van der Waals surface area contributed by atoms with E-state index >= 15 is 0 Å². The number of thioether (sulfide) groups is 1. The van der Waals surface area contributed by atoms with E-state index in [-0.39, 0.29) is 11.9 Å². The van der Waals surface area contributed by atoms with Crippen molar-refractivity contribution in [2.24, 2.45) is 0 Å². The lowest BCUT2D eigenvalue weighted by molar-refractivity contribution is -0.116. The van der Waals surface area contributed by atoms with Gasteiger partial charge in [0, 0.05) is 10.7 Å². The predicted molar refractivity (Wildman–Crippen MR) is 114 cm³/mol. The fraction of sp³-hybridized carbons (Fsp3) is 0.250. The maximum atomic E-state index is 13.1. The summed E-state index contributed by atoms with van der Waals surface area (Å²) in [6, 6.07) is 14.5. The summed E-state index contributed by atoms with van der Waals surface area (Å²) in [4.78, 5) is 13.1. The van der Waals surface area contributed by atoms with E-state index in [2.05, 4.69) is 20.9 Å². The molecule has 0 spiro atoms. The number of benzene rings is 2. The maximum absolute atomic E-state index is 13.1. The molecule has 3 aromatic rings. The van der Waals surface area contributed by atoms with Crippen LogP contribution in [0, 0.1) is 6.92 Å². The number of halogens is 1. The van der Waals surface area contributed by atoms with Crippen molar-refractivity contribution in [1.82, 2.24) is 14.9 Å². The molecule has 1 amide bonds. The van der Waals surface area contributed by atoms with Gasteiger partial charge < -0.3 is 15.5 Å². The van der Waals surface area contributed by atoms with Gasteiger partial charge in [-0.2, -0.15) is 0 Å². The fourth-order valence-corrected chi connectivity index (χ4v) is 4.35. The molecule has 29 heavy (non-hydrogen) atoms.